The first kappa shape index (κ1) is 18.3. The molecule has 1 aliphatic carbocycles. The lowest BCUT2D eigenvalue weighted by Crippen LogP contribution is -2.33. The van der Waals surface area contributed by atoms with Gasteiger partial charge in [0.25, 0.3) is 0 Å². The molecule has 1 atom stereocenters. The van der Waals surface area contributed by atoms with Crippen LogP contribution in [-0.4, -0.2) is 19.3 Å². The Hall–Kier alpha value is -2.70. The van der Waals surface area contributed by atoms with Crippen LogP contribution in [-0.2, 0) is 13.0 Å². The van der Waals surface area contributed by atoms with E-state index >= 15 is 0 Å². The predicted octanol–water partition coefficient (Wildman–Crippen LogP) is 4.92. The summed E-state index contributed by atoms with van der Waals surface area (Å²) in [6, 6.07) is 15.0. The third-order valence-electron chi connectivity index (χ3n) is 5.67. The largest absolute Gasteiger partial charge is 0.304 e. The minimum Gasteiger partial charge on any atom is -0.304 e. The highest BCUT2D eigenvalue weighted by Gasteiger charge is 2.35. The highest BCUT2D eigenvalue weighted by molar-refractivity contribution is 7.12. The van der Waals surface area contributed by atoms with Gasteiger partial charge in [-0.05, 0) is 42.5 Å². The first-order valence-corrected chi connectivity index (χ1v) is 10.9. The highest BCUT2D eigenvalue weighted by atomic mass is 32.1. The van der Waals surface area contributed by atoms with Crippen molar-refractivity contribution in [2.45, 2.75) is 39.3 Å². The van der Waals surface area contributed by atoms with Gasteiger partial charge in [-0.2, -0.15) is 5.10 Å². The molecule has 0 unspecified atom stereocenters. The van der Waals surface area contributed by atoms with Crippen LogP contribution < -0.4 is 5.32 Å². The fourth-order valence-corrected chi connectivity index (χ4v) is 4.98. The number of para-hydroxylation sites is 1. The maximum atomic E-state index is 4.75. The molecule has 0 radical (unpaired) electrons. The van der Waals surface area contributed by atoms with Crippen molar-refractivity contribution in [3.63, 3.8) is 0 Å². The van der Waals surface area contributed by atoms with E-state index in [2.05, 4.69) is 82.2 Å². The van der Waals surface area contributed by atoms with Crippen molar-refractivity contribution in [2.75, 3.05) is 0 Å². The maximum absolute atomic E-state index is 4.75. The molecule has 1 N–H and O–H groups in total. The molecule has 3 aromatic heterocycles. The molecule has 0 amide bonds. The van der Waals surface area contributed by atoms with Gasteiger partial charge in [-0.1, -0.05) is 32.0 Å². The second kappa shape index (κ2) is 7.28. The fourth-order valence-electron chi connectivity index (χ4n) is 4.33. The molecular formula is C23H25N5S. The molecule has 0 aliphatic heterocycles. The van der Waals surface area contributed by atoms with E-state index in [0.29, 0.717) is 0 Å². The van der Waals surface area contributed by atoms with Gasteiger partial charge in [-0.15, -0.1) is 11.3 Å². The number of nitrogens with one attached hydrogen (secondary N) is 1. The smallest absolute Gasteiger partial charge is 0.193 e. The molecule has 29 heavy (non-hydrogen) atoms. The normalized spacial score (nSPS) is 17.9. The molecule has 6 heteroatoms. The van der Waals surface area contributed by atoms with Crippen LogP contribution in [0.3, 0.4) is 0 Å². The first-order valence-electron chi connectivity index (χ1n) is 10.0. The number of hydrogen-bond acceptors (Lipinski definition) is 4. The summed E-state index contributed by atoms with van der Waals surface area (Å²) in [5.74, 6) is 0. The van der Waals surface area contributed by atoms with Gasteiger partial charge < -0.3 is 5.32 Å². The minimum atomic E-state index is 0.217. The Labute approximate surface area is 175 Å². The number of fused-ring (bicyclic) bond motifs is 1. The SMILES string of the molecule is CC1(C)Cc2c(cnn2-c2ccccc2)[C@H](NCc2cccn2-c2nccs2)C1. The second-order valence-electron chi connectivity index (χ2n) is 8.46. The summed E-state index contributed by atoms with van der Waals surface area (Å²) >= 11 is 1.66. The summed E-state index contributed by atoms with van der Waals surface area (Å²) < 4.78 is 4.28. The molecular weight excluding hydrogens is 378 g/mol. The van der Waals surface area contributed by atoms with E-state index < -0.39 is 0 Å². The van der Waals surface area contributed by atoms with Gasteiger partial charge in [-0.3, -0.25) is 4.57 Å². The Bertz CT molecular complexity index is 1090. The van der Waals surface area contributed by atoms with E-state index in [1.54, 1.807) is 11.3 Å². The van der Waals surface area contributed by atoms with Crippen LogP contribution in [0.1, 0.15) is 43.3 Å². The summed E-state index contributed by atoms with van der Waals surface area (Å²) in [7, 11) is 0. The van der Waals surface area contributed by atoms with Crippen molar-refractivity contribution < 1.29 is 0 Å². The van der Waals surface area contributed by atoms with E-state index in [-0.39, 0.29) is 11.5 Å². The lowest BCUT2D eigenvalue weighted by molar-refractivity contribution is 0.252. The fraction of sp³-hybridized carbons (Fsp3) is 0.304. The van der Waals surface area contributed by atoms with Crippen LogP contribution in [0.4, 0.5) is 0 Å². The molecule has 0 saturated carbocycles. The third kappa shape index (κ3) is 3.54. The molecule has 148 valence electrons. The topological polar surface area (TPSA) is 47.7 Å². The van der Waals surface area contributed by atoms with Gasteiger partial charge in [0.05, 0.1) is 11.9 Å². The van der Waals surface area contributed by atoms with Crippen molar-refractivity contribution in [1.29, 1.82) is 0 Å². The van der Waals surface area contributed by atoms with Crippen molar-refractivity contribution in [3.05, 3.63) is 83.4 Å². The van der Waals surface area contributed by atoms with Crippen LogP contribution >= 0.6 is 11.3 Å². The van der Waals surface area contributed by atoms with E-state index in [1.165, 1.54) is 17.0 Å². The van der Waals surface area contributed by atoms with Crippen LogP contribution in [0.5, 0.6) is 0 Å². The quantitative estimate of drug-likeness (QED) is 0.514. The number of hydrogen-bond donors (Lipinski definition) is 1. The van der Waals surface area contributed by atoms with Crippen molar-refractivity contribution in [2.24, 2.45) is 5.41 Å². The monoisotopic (exact) mass is 403 g/mol. The lowest BCUT2D eigenvalue weighted by Gasteiger charge is -2.36. The van der Waals surface area contributed by atoms with Gasteiger partial charge in [-0.25, -0.2) is 9.67 Å². The summed E-state index contributed by atoms with van der Waals surface area (Å²) in [4.78, 5) is 4.45. The maximum Gasteiger partial charge on any atom is 0.193 e. The average Bonchev–Trinajstić information content (AvgIpc) is 3.45. The molecule has 1 aliphatic rings. The van der Waals surface area contributed by atoms with Crippen molar-refractivity contribution in [3.8, 4) is 10.8 Å². The number of thiazole rings is 1. The summed E-state index contributed by atoms with van der Waals surface area (Å²) in [6.07, 6.45) is 8.11. The minimum absolute atomic E-state index is 0.217. The zero-order chi connectivity index (χ0) is 19.8. The van der Waals surface area contributed by atoms with Crippen LogP contribution in [0.15, 0.2) is 66.4 Å². The molecule has 0 fully saturated rings. The first-order chi connectivity index (χ1) is 14.1. The Kier molecular flexibility index (Phi) is 4.60. The van der Waals surface area contributed by atoms with Crippen molar-refractivity contribution >= 4 is 11.3 Å². The Morgan fingerprint density at radius 3 is 2.83 bits per heavy atom. The number of benzene rings is 1. The number of aromatic nitrogens is 4. The Balaban J connectivity index is 1.43. The average molecular weight is 404 g/mol. The van der Waals surface area contributed by atoms with Gasteiger partial charge in [0.1, 0.15) is 0 Å². The molecule has 5 nitrogen and oxygen atoms in total. The zero-order valence-electron chi connectivity index (χ0n) is 16.7. The van der Waals surface area contributed by atoms with E-state index in [4.69, 9.17) is 5.10 Å². The molecule has 3 heterocycles. The van der Waals surface area contributed by atoms with Gasteiger partial charge in [0.2, 0.25) is 0 Å². The zero-order valence-corrected chi connectivity index (χ0v) is 17.6. The lowest BCUT2D eigenvalue weighted by atomic mass is 9.74. The van der Waals surface area contributed by atoms with Gasteiger partial charge in [0, 0.05) is 47.3 Å². The third-order valence-corrected chi connectivity index (χ3v) is 6.44. The van der Waals surface area contributed by atoms with Crippen LogP contribution in [0.25, 0.3) is 10.8 Å². The standard InChI is InChI=1S/C23H25N5S/c1-23(2)13-20(25-15-18-9-6-11-27(18)22-24-10-12-29-22)19-16-26-28(21(19)14-23)17-7-4-3-5-8-17/h3-12,16,20,25H,13-15H2,1-2H3/t20-/m1/s1. The van der Waals surface area contributed by atoms with Crippen LogP contribution in [0.2, 0.25) is 0 Å². The summed E-state index contributed by atoms with van der Waals surface area (Å²) in [6.45, 7) is 5.50. The summed E-state index contributed by atoms with van der Waals surface area (Å²) in [5, 5.41) is 11.6. The van der Waals surface area contributed by atoms with E-state index in [0.717, 1.165) is 30.2 Å². The number of nitrogens with zero attached hydrogens (tertiary/aromatic N) is 4. The van der Waals surface area contributed by atoms with E-state index in [1.807, 2.05) is 17.6 Å². The highest BCUT2D eigenvalue weighted by Crippen LogP contribution is 2.41. The molecule has 0 spiro atoms. The molecule has 5 rings (SSSR count). The summed E-state index contributed by atoms with van der Waals surface area (Å²) in [5.41, 5.74) is 5.21. The van der Waals surface area contributed by atoms with E-state index in [9.17, 15) is 0 Å². The molecule has 4 aromatic rings. The number of rotatable bonds is 5. The molecule has 0 saturated heterocycles. The second-order valence-corrected chi connectivity index (χ2v) is 9.33. The molecule has 1 aromatic carbocycles. The van der Waals surface area contributed by atoms with Crippen molar-refractivity contribution in [1.82, 2.24) is 24.6 Å². The van der Waals surface area contributed by atoms with Crippen LogP contribution in [0, 0.1) is 5.41 Å². The van der Waals surface area contributed by atoms with Gasteiger partial charge in [0.15, 0.2) is 5.13 Å². The Morgan fingerprint density at radius 1 is 1.17 bits per heavy atom. The Morgan fingerprint density at radius 2 is 2.03 bits per heavy atom. The molecule has 0 bridgehead atoms. The van der Waals surface area contributed by atoms with Gasteiger partial charge >= 0.3 is 0 Å². The predicted molar refractivity (Wildman–Crippen MR) is 117 cm³/mol.